The first-order valence-corrected chi connectivity index (χ1v) is 7.19. The highest BCUT2D eigenvalue weighted by atomic mass is 32.1. The van der Waals surface area contributed by atoms with Crippen LogP contribution in [0.3, 0.4) is 0 Å². The Hall–Kier alpha value is -1.42. The van der Waals surface area contributed by atoms with Gasteiger partial charge in [0, 0.05) is 21.5 Å². The van der Waals surface area contributed by atoms with Crippen molar-refractivity contribution < 1.29 is 0 Å². The Labute approximate surface area is 111 Å². The van der Waals surface area contributed by atoms with Gasteiger partial charge >= 0.3 is 0 Å². The van der Waals surface area contributed by atoms with Crippen LogP contribution in [0.25, 0.3) is 0 Å². The zero-order valence-electron chi connectivity index (χ0n) is 10.8. The number of hydrogen-bond acceptors (Lipinski definition) is 4. The third kappa shape index (κ3) is 2.38. The largest absolute Gasteiger partial charge is 0.365 e. The minimum atomic E-state index is 0.825. The Kier molecular flexibility index (Phi) is 3.04. The molecule has 2 aromatic rings. The van der Waals surface area contributed by atoms with Crippen molar-refractivity contribution in [2.75, 3.05) is 5.32 Å². The molecule has 1 aliphatic rings. The minimum Gasteiger partial charge on any atom is -0.365 e. The fourth-order valence-electron chi connectivity index (χ4n) is 2.46. The smallest absolute Gasteiger partial charge is 0.130 e. The normalized spacial score (nSPS) is 13.7. The Bertz CT molecular complexity index is 533. The third-order valence-corrected chi connectivity index (χ3v) is 4.44. The van der Waals surface area contributed by atoms with Crippen LogP contribution >= 0.6 is 11.3 Å². The van der Waals surface area contributed by atoms with E-state index in [4.69, 9.17) is 0 Å². The van der Waals surface area contributed by atoms with Crippen LogP contribution in [-0.4, -0.2) is 9.97 Å². The van der Waals surface area contributed by atoms with E-state index >= 15 is 0 Å². The van der Waals surface area contributed by atoms with Gasteiger partial charge in [-0.3, -0.25) is 0 Å². The first kappa shape index (κ1) is 11.7. The molecule has 0 aliphatic heterocycles. The molecule has 2 heterocycles. The van der Waals surface area contributed by atoms with Gasteiger partial charge in [0.15, 0.2) is 0 Å². The van der Waals surface area contributed by atoms with Gasteiger partial charge < -0.3 is 5.32 Å². The van der Waals surface area contributed by atoms with Crippen LogP contribution in [0, 0.1) is 13.8 Å². The SMILES string of the molecule is Cc1cc(NCc2cc3c(s2)CCC3)nc(C)n1. The van der Waals surface area contributed by atoms with Crippen molar-refractivity contribution in [1.82, 2.24) is 9.97 Å². The molecule has 0 fully saturated rings. The molecule has 3 rings (SSSR count). The summed E-state index contributed by atoms with van der Waals surface area (Å²) in [4.78, 5) is 11.7. The number of hydrogen-bond donors (Lipinski definition) is 1. The lowest BCUT2D eigenvalue weighted by molar-refractivity contribution is 0.913. The standard InChI is InChI=1S/C14H17N3S/c1-9-6-14(17-10(2)16-9)15-8-12-7-11-4-3-5-13(11)18-12/h6-7H,3-5,8H2,1-2H3,(H,15,16,17). The van der Waals surface area contributed by atoms with E-state index < -0.39 is 0 Å². The molecule has 94 valence electrons. The lowest BCUT2D eigenvalue weighted by Crippen LogP contribution is -2.02. The van der Waals surface area contributed by atoms with Crippen molar-refractivity contribution in [1.29, 1.82) is 0 Å². The molecular formula is C14H17N3S. The van der Waals surface area contributed by atoms with Gasteiger partial charge in [0.2, 0.25) is 0 Å². The van der Waals surface area contributed by atoms with Crippen molar-refractivity contribution in [3.63, 3.8) is 0 Å². The van der Waals surface area contributed by atoms with Gasteiger partial charge in [-0.1, -0.05) is 0 Å². The summed E-state index contributed by atoms with van der Waals surface area (Å²) in [6.45, 7) is 4.80. The van der Waals surface area contributed by atoms with Gasteiger partial charge in [0.05, 0.1) is 6.54 Å². The number of fused-ring (bicyclic) bond motifs is 1. The number of nitrogens with one attached hydrogen (secondary N) is 1. The summed E-state index contributed by atoms with van der Waals surface area (Å²) in [5.41, 5.74) is 2.57. The second kappa shape index (κ2) is 4.69. The molecule has 18 heavy (non-hydrogen) atoms. The zero-order chi connectivity index (χ0) is 12.5. The number of rotatable bonds is 3. The predicted octanol–water partition coefficient (Wildman–Crippen LogP) is 3.26. The highest BCUT2D eigenvalue weighted by Crippen LogP contribution is 2.30. The maximum atomic E-state index is 4.39. The highest BCUT2D eigenvalue weighted by Gasteiger charge is 2.14. The van der Waals surface area contributed by atoms with Crippen molar-refractivity contribution in [3.8, 4) is 0 Å². The summed E-state index contributed by atoms with van der Waals surface area (Å²) in [5, 5.41) is 3.39. The van der Waals surface area contributed by atoms with E-state index in [1.807, 2.05) is 31.3 Å². The maximum absolute atomic E-state index is 4.39. The quantitative estimate of drug-likeness (QED) is 0.919. The van der Waals surface area contributed by atoms with Crippen molar-refractivity contribution in [2.24, 2.45) is 0 Å². The summed E-state index contributed by atoms with van der Waals surface area (Å²) >= 11 is 1.94. The summed E-state index contributed by atoms with van der Waals surface area (Å²) in [5.74, 6) is 1.75. The minimum absolute atomic E-state index is 0.825. The van der Waals surface area contributed by atoms with E-state index in [1.165, 1.54) is 24.1 Å². The Morgan fingerprint density at radius 3 is 2.89 bits per heavy atom. The van der Waals surface area contributed by atoms with Crippen LogP contribution < -0.4 is 5.32 Å². The van der Waals surface area contributed by atoms with Crippen LogP contribution in [0.1, 0.15) is 33.3 Å². The summed E-state index contributed by atoms with van der Waals surface area (Å²) in [7, 11) is 0. The Balaban J connectivity index is 1.70. The average molecular weight is 259 g/mol. The highest BCUT2D eigenvalue weighted by molar-refractivity contribution is 7.12. The second-order valence-electron chi connectivity index (χ2n) is 4.81. The third-order valence-electron chi connectivity index (χ3n) is 3.21. The van der Waals surface area contributed by atoms with E-state index in [0.717, 1.165) is 23.9 Å². The molecule has 3 nitrogen and oxygen atoms in total. The summed E-state index contributed by atoms with van der Waals surface area (Å²) in [6, 6.07) is 4.34. The summed E-state index contributed by atoms with van der Waals surface area (Å²) < 4.78 is 0. The predicted molar refractivity (Wildman–Crippen MR) is 75.2 cm³/mol. The van der Waals surface area contributed by atoms with Crippen LogP contribution in [-0.2, 0) is 19.4 Å². The first-order chi connectivity index (χ1) is 8.70. The number of thiophene rings is 1. The molecular weight excluding hydrogens is 242 g/mol. The van der Waals surface area contributed by atoms with Crippen molar-refractivity contribution in [3.05, 3.63) is 39.0 Å². The average Bonchev–Trinajstić information content (AvgIpc) is 2.84. The number of nitrogens with zero attached hydrogens (tertiary/aromatic N) is 2. The lowest BCUT2D eigenvalue weighted by Gasteiger charge is -2.05. The van der Waals surface area contributed by atoms with Gasteiger partial charge in [0.1, 0.15) is 11.6 Å². The van der Waals surface area contributed by atoms with Crippen LogP contribution in [0.15, 0.2) is 12.1 Å². The molecule has 1 N–H and O–H groups in total. The first-order valence-electron chi connectivity index (χ1n) is 6.37. The van der Waals surface area contributed by atoms with Crippen molar-refractivity contribution >= 4 is 17.2 Å². The second-order valence-corrected chi connectivity index (χ2v) is 6.03. The van der Waals surface area contributed by atoms with Gasteiger partial charge in [0.25, 0.3) is 0 Å². The molecule has 0 saturated carbocycles. The molecule has 0 aromatic carbocycles. The summed E-state index contributed by atoms with van der Waals surface area (Å²) in [6.07, 6.45) is 3.86. The Morgan fingerprint density at radius 2 is 2.11 bits per heavy atom. The molecule has 0 spiro atoms. The molecule has 0 amide bonds. The van der Waals surface area contributed by atoms with Gasteiger partial charge in [-0.05, 0) is 44.7 Å². The molecule has 2 aromatic heterocycles. The molecule has 0 bridgehead atoms. The van der Waals surface area contributed by atoms with E-state index in [-0.39, 0.29) is 0 Å². The molecule has 0 radical (unpaired) electrons. The van der Waals surface area contributed by atoms with Gasteiger partial charge in [-0.25, -0.2) is 9.97 Å². The van der Waals surface area contributed by atoms with Crippen LogP contribution in [0.2, 0.25) is 0 Å². The molecule has 4 heteroatoms. The Morgan fingerprint density at radius 1 is 1.22 bits per heavy atom. The molecule has 0 atom stereocenters. The fourth-order valence-corrected chi connectivity index (χ4v) is 3.66. The van der Waals surface area contributed by atoms with Crippen LogP contribution in [0.5, 0.6) is 0 Å². The van der Waals surface area contributed by atoms with E-state index in [0.29, 0.717) is 0 Å². The number of aromatic nitrogens is 2. The fraction of sp³-hybridized carbons (Fsp3) is 0.429. The van der Waals surface area contributed by atoms with Crippen LogP contribution in [0.4, 0.5) is 5.82 Å². The molecule has 0 saturated heterocycles. The zero-order valence-corrected chi connectivity index (χ0v) is 11.6. The molecule has 1 aliphatic carbocycles. The van der Waals surface area contributed by atoms with E-state index in [2.05, 4.69) is 21.4 Å². The van der Waals surface area contributed by atoms with E-state index in [9.17, 15) is 0 Å². The lowest BCUT2D eigenvalue weighted by atomic mass is 10.2. The maximum Gasteiger partial charge on any atom is 0.130 e. The van der Waals surface area contributed by atoms with E-state index in [1.54, 1.807) is 10.4 Å². The van der Waals surface area contributed by atoms with Gasteiger partial charge in [-0.15, -0.1) is 11.3 Å². The van der Waals surface area contributed by atoms with Gasteiger partial charge in [-0.2, -0.15) is 0 Å². The van der Waals surface area contributed by atoms with Crippen molar-refractivity contribution in [2.45, 2.75) is 39.7 Å². The topological polar surface area (TPSA) is 37.8 Å². The number of aryl methyl sites for hydroxylation is 4. The number of anilines is 1. The monoisotopic (exact) mass is 259 g/mol. The molecule has 0 unspecified atom stereocenters.